The number of hydrogen-bond acceptors (Lipinski definition) is 5. The first-order valence-corrected chi connectivity index (χ1v) is 9.24. The van der Waals surface area contributed by atoms with Crippen LogP contribution in [0.5, 0.6) is 0 Å². The highest BCUT2D eigenvalue weighted by Gasteiger charge is 2.28. The molecule has 2 heterocycles. The standard InChI is InChI=1S/C19H18ClN5O3/c20-14-4-1-12(2-5-14)11-28-19(27)25-8-7-15(10-25)21-18(26)13-3-6-16-17(9-13)23-24-22-16/h1-6,9,15H,7-8,10-11H2,(H,21,26)(H,22,23,24). The second-order valence-electron chi connectivity index (χ2n) is 6.63. The summed E-state index contributed by atoms with van der Waals surface area (Å²) in [7, 11) is 0. The molecule has 1 atom stereocenters. The first-order valence-electron chi connectivity index (χ1n) is 8.86. The van der Waals surface area contributed by atoms with Crippen LogP contribution in [0.2, 0.25) is 5.02 Å². The Morgan fingerprint density at radius 3 is 2.89 bits per heavy atom. The number of amides is 2. The summed E-state index contributed by atoms with van der Waals surface area (Å²) in [5, 5.41) is 14.0. The number of halogens is 1. The van der Waals surface area contributed by atoms with E-state index in [0.717, 1.165) is 11.1 Å². The van der Waals surface area contributed by atoms with Gasteiger partial charge in [-0.05, 0) is 42.3 Å². The van der Waals surface area contributed by atoms with Crippen molar-refractivity contribution < 1.29 is 14.3 Å². The highest BCUT2D eigenvalue weighted by Crippen LogP contribution is 2.15. The number of likely N-dealkylation sites (tertiary alicyclic amines) is 1. The van der Waals surface area contributed by atoms with Crippen molar-refractivity contribution in [2.24, 2.45) is 0 Å². The Hall–Kier alpha value is -3.13. The summed E-state index contributed by atoms with van der Waals surface area (Å²) in [5.41, 5.74) is 2.77. The number of carbonyl (C=O) groups excluding carboxylic acids is 2. The maximum atomic E-state index is 12.5. The molecule has 9 heteroatoms. The molecule has 3 aromatic rings. The van der Waals surface area contributed by atoms with Crippen LogP contribution < -0.4 is 5.32 Å². The van der Waals surface area contributed by atoms with Crippen molar-refractivity contribution in [1.29, 1.82) is 0 Å². The molecule has 0 aliphatic carbocycles. The van der Waals surface area contributed by atoms with Gasteiger partial charge in [0, 0.05) is 29.7 Å². The number of aromatic amines is 1. The quantitative estimate of drug-likeness (QED) is 0.702. The Bertz CT molecular complexity index is 1000. The van der Waals surface area contributed by atoms with Crippen LogP contribution >= 0.6 is 11.6 Å². The van der Waals surface area contributed by atoms with E-state index in [1.165, 1.54) is 0 Å². The SMILES string of the molecule is O=C(NC1CCN(C(=O)OCc2ccc(Cl)cc2)C1)c1ccc2[nH]nnc2c1. The fourth-order valence-electron chi connectivity index (χ4n) is 3.11. The fourth-order valence-corrected chi connectivity index (χ4v) is 3.24. The maximum absolute atomic E-state index is 12.5. The molecule has 1 aliphatic heterocycles. The third kappa shape index (κ3) is 4.07. The van der Waals surface area contributed by atoms with Gasteiger partial charge in [-0.15, -0.1) is 5.10 Å². The Morgan fingerprint density at radius 1 is 1.25 bits per heavy atom. The van der Waals surface area contributed by atoms with Crippen molar-refractivity contribution in [2.75, 3.05) is 13.1 Å². The number of rotatable bonds is 4. The van der Waals surface area contributed by atoms with E-state index in [2.05, 4.69) is 20.7 Å². The van der Waals surface area contributed by atoms with Crippen molar-refractivity contribution in [3.8, 4) is 0 Å². The summed E-state index contributed by atoms with van der Waals surface area (Å²) in [6, 6.07) is 12.2. The average Bonchev–Trinajstić information content (AvgIpc) is 3.36. The number of carbonyl (C=O) groups is 2. The Kier molecular flexibility index (Phi) is 5.12. The molecule has 1 aliphatic rings. The van der Waals surface area contributed by atoms with Crippen molar-refractivity contribution in [2.45, 2.75) is 19.1 Å². The molecule has 1 fully saturated rings. The van der Waals surface area contributed by atoms with Crippen LogP contribution in [-0.4, -0.2) is 51.4 Å². The highest BCUT2D eigenvalue weighted by atomic mass is 35.5. The number of benzene rings is 2. The predicted octanol–water partition coefficient (Wildman–Crippen LogP) is 2.75. The maximum Gasteiger partial charge on any atom is 0.410 e. The van der Waals surface area contributed by atoms with Crippen LogP contribution in [0.15, 0.2) is 42.5 Å². The van der Waals surface area contributed by atoms with Gasteiger partial charge in [-0.25, -0.2) is 4.79 Å². The molecule has 0 radical (unpaired) electrons. The monoisotopic (exact) mass is 399 g/mol. The molecule has 1 saturated heterocycles. The third-order valence-electron chi connectivity index (χ3n) is 4.65. The van der Waals surface area contributed by atoms with E-state index in [0.29, 0.717) is 35.6 Å². The molecule has 1 unspecified atom stereocenters. The number of nitrogens with one attached hydrogen (secondary N) is 2. The first-order chi connectivity index (χ1) is 13.6. The first kappa shape index (κ1) is 18.2. The molecule has 2 N–H and O–H groups in total. The molecule has 0 bridgehead atoms. The van der Waals surface area contributed by atoms with Crippen LogP contribution in [0.4, 0.5) is 4.79 Å². The van der Waals surface area contributed by atoms with Crippen LogP contribution in [0.1, 0.15) is 22.3 Å². The lowest BCUT2D eigenvalue weighted by Gasteiger charge is -2.17. The lowest BCUT2D eigenvalue weighted by atomic mass is 10.1. The molecular weight excluding hydrogens is 382 g/mol. The molecule has 8 nitrogen and oxygen atoms in total. The van der Waals surface area contributed by atoms with Gasteiger partial charge in [-0.2, -0.15) is 0 Å². The van der Waals surface area contributed by atoms with Crippen molar-refractivity contribution >= 4 is 34.6 Å². The predicted molar refractivity (Wildman–Crippen MR) is 103 cm³/mol. The van der Waals surface area contributed by atoms with Gasteiger partial charge in [0.05, 0.1) is 5.52 Å². The number of fused-ring (bicyclic) bond motifs is 1. The van der Waals surface area contributed by atoms with Gasteiger partial charge in [0.2, 0.25) is 0 Å². The Labute approximate surface area is 165 Å². The van der Waals surface area contributed by atoms with Crippen molar-refractivity contribution in [3.63, 3.8) is 0 Å². The van der Waals surface area contributed by atoms with Crippen molar-refractivity contribution in [1.82, 2.24) is 25.6 Å². The minimum atomic E-state index is -0.393. The number of aromatic nitrogens is 3. The molecule has 2 aromatic carbocycles. The number of hydrogen-bond donors (Lipinski definition) is 2. The Balaban J connectivity index is 1.28. The summed E-state index contributed by atoms with van der Waals surface area (Å²) >= 11 is 5.84. The summed E-state index contributed by atoms with van der Waals surface area (Å²) in [5.74, 6) is -0.203. The number of H-pyrrole nitrogens is 1. The van der Waals surface area contributed by atoms with Gasteiger partial charge >= 0.3 is 6.09 Å². The molecule has 28 heavy (non-hydrogen) atoms. The molecule has 144 valence electrons. The van der Waals surface area contributed by atoms with Crippen LogP contribution in [0.25, 0.3) is 11.0 Å². The average molecular weight is 400 g/mol. The van der Waals surface area contributed by atoms with Gasteiger partial charge in [0.1, 0.15) is 12.1 Å². The van der Waals surface area contributed by atoms with Crippen LogP contribution in [0, 0.1) is 0 Å². The summed E-state index contributed by atoms with van der Waals surface area (Å²) in [6.45, 7) is 1.13. The van der Waals surface area contributed by atoms with Crippen LogP contribution in [0.3, 0.4) is 0 Å². The summed E-state index contributed by atoms with van der Waals surface area (Å²) in [4.78, 5) is 26.3. The number of ether oxygens (including phenoxy) is 1. The highest BCUT2D eigenvalue weighted by molar-refractivity contribution is 6.30. The van der Waals surface area contributed by atoms with E-state index < -0.39 is 6.09 Å². The van der Waals surface area contributed by atoms with Gasteiger partial charge in [0.25, 0.3) is 5.91 Å². The largest absolute Gasteiger partial charge is 0.445 e. The summed E-state index contributed by atoms with van der Waals surface area (Å²) in [6.07, 6.45) is 0.282. The smallest absolute Gasteiger partial charge is 0.410 e. The molecule has 4 rings (SSSR count). The topological polar surface area (TPSA) is 100 Å². The van der Waals surface area contributed by atoms with E-state index in [1.807, 2.05) is 12.1 Å². The molecule has 0 saturated carbocycles. The van der Waals surface area contributed by atoms with Gasteiger partial charge in [-0.1, -0.05) is 28.9 Å². The lowest BCUT2D eigenvalue weighted by molar-refractivity contribution is 0.0922. The molecule has 1 aromatic heterocycles. The zero-order chi connectivity index (χ0) is 19.5. The van der Waals surface area contributed by atoms with Crippen molar-refractivity contribution in [3.05, 3.63) is 58.6 Å². The van der Waals surface area contributed by atoms with E-state index in [-0.39, 0.29) is 18.6 Å². The van der Waals surface area contributed by atoms with E-state index in [1.54, 1.807) is 35.2 Å². The second kappa shape index (κ2) is 7.85. The zero-order valence-electron chi connectivity index (χ0n) is 14.9. The molecular formula is C19H18ClN5O3. The lowest BCUT2D eigenvalue weighted by Crippen LogP contribution is -2.38. The molecule has 2 amide bonds. The minimum Gasteiger partial charge on any atom is -0.445 e. The van der Waals surface area contributed by atoms with Gasteiger partial charge in [0.15, 0.2) is 0 Å². The van der Waals surface area contributed by atoms with E-state index in [9.17, 15) is 9.59 Å². The summed E-state index contributed by atoms with van der Waals surface area (Å²) < 4.78 is 5.34. The molecule has 0 spiro atoms. The van der Waals surface area contributed by atoms with E-state index >= 15 is 0 Å². The number of nitrogens with zero attached hydrogens (tertiary/aromatic N) is 3. The Morgan fingerprint density at radius 2 is 2.07 bits per heavy atom. The van der Waals surface area contributed by atoms with Crippen LogP contribution in [-0.2, 0) is 11.3 Å². The van der Waals surface area contributed by atoms with Gasteiger partial charge in [-0.3, -0.25) is 9.89 Å². The minimum absolute atomic E-state index is 0.122. The fraction of sp³-hybridized carbons (Fsp3) is 0.263. The zero-order valence-corrected chi connectivity index (χ0v) is 15.6. The normalized spacial score (nSPS) is 16.3. The van der Waals surface area contributed by atoms with Gasteiger partial charge < -0.3 is 15.0 Å². The second-order valence-corrected chi connectivity index (χ2v) is 7.07. The van der Waals surface area contributed by atoms with E-state index in [4.69, 9.17) is 16.3 Å². The third-order valence-corrected chi connectivity index (χ3v) is 4.90.